The van der Waals surface area contributed by atoms with Gasteiger partial charge in [0.05, 0.1) is 5.56 Å². The van der Waals surface area contributed by atoms with Gasteiger partial charge in [0.15, 0.2) is 0 Å². The summed E-state index contributed by atoms with van der Waals surface area (Å²) in [6, 6.07) is 13.1. The number of likely N-dealkylation sites (N-methyl/N-ethyl adjacent to an activating group) is 1. The summed E-state index contributed by atoms with van der Waals surface area (Å²) in [6.07, 6.45) is 4.65. The van der Waals surface area contributed by atoms with Crippen LogP contribution in [0.5, 0.6) is 0 Å². The van der Waals surface area contributed by atoms with Crippen LogP contribution in [0.4, 0.5) is 10.1 Å². The van der Waals surface area contributed by atoms with Crippen LogP contribution in [0.1, 0.15) is 28.8 Å². The summed E-state index contributed by atoms with van der Waals surface area (Å²) in [5, 5.41) is 11.4. The first-order valence-electron chi connectivity index (χ1n) is 11.2. The average Bonchev–Trinajstić information content (AvgIpc) is 3.27. The third kappa shape index (κ3) is 5.07. The van der Waals surface area contributed by atoms with E-state index in [4.69, 9.17) is 5.41 Å². The summed E-state index contributed by atoms with van der Waals surface area (Å²) >= 11 is 0. The van der Waals surface area contributed by atoms with E-state index in [1.807, 2.05) is 19.0 Å². The number of likely N-dealkylation sites (tertiary alicyclic amines) is 1. The van der Waals surface area contributed by atoms with Gasteiger partial charge in [0.25, 0.3) is 11.5 Å². The van der Waals surface area contributed by atoms with Gasteiger partial charge in [-0.25, -0.2) is 4.39 Å². The average molecular weight is 462 g/mol. The summed E-state index contributed by atoms with van der Waals surface area (Å²) in [5.41, 5.74) is 2.10. The first-order valence-corrected chi connectivity index (χ1v) is 11.2. The molecule has 0 bridgehead atoms. The van der Waals surface area contributed by atoms with E-state index in [-0.39, 0.29) is 23.1 Å². The fourth-order valence-electron chi connectivity index (χ4n) is 4.34. The van der Waals surface area contributed by atoms with Crippen LogP contribution in [-0.2, 0) is 0 Å². The van der Waals surface area contributed by atoms with E-state index in [0.29, 0.717) is 27.7 Å². The number of allylic oxidation sites excluding steroid dienone is 1. The van der Waals surface area contributed by atoms with Crippen molar-refractivity contribution in [1.82, 2.24) is 14.8 Å². The van der Waals surface area contributed by atoms with Crippen LogP contribution in [0.15, 0.2) is 59.5 Å². The predicted octanol–water partition coefficient (Wildman–Crippen LogP) is 3.94. The molecule has 1 fully saturated rings. The van der Waals surface area contributed by atoms with Crippen molar-refractivity contribution in [2.75, 3.05) is 32.5 Å². The highest BCUT2D eigenvalue weighted by atomic mass is 19.1. The molecule has 1 amide bonds. The van der Waals surface area contributed by atoms with Crippen LogP contribution < -0.4 is 10.9 Å². The number of H-pyrrole nitrogens is 1. The molecule has 3 N–H and O–H groups in total. The minimum Gasteiger partial charge on any atom is -0.361 e. The van der Waals surface area contributed by atoms with Gasteiger partial charge in [-0.15, -0.1) is 0 Å². The second kappa shape index (κ2) is 10.0. The number of hydrogen-bond acceptors (Lipinski definition) is 5. The molecule has 1 aliphatic heterocycles. The van der Waals surface area contributed by atoms with Gasteiger partial charge < -0.3 is 25.5 Å². The molecule has 1 saturated heterocycles. The zero-order valence-corrected chi connectivity index (χ0v) is 19.3. The van der Waals surface area contributed by atoms with E-state index in [0.717, 1.165) is 32.1 Å². The molecule has 0 saturated carbocycles. The number of halogens is 1. The highest BCUT2D eigenvalue weighted by Crippen LogP contribution is 2.22. The van der Waals surface area contributed by atoms with Gasteiger partial charge in [0, 0.05) is 59.3 Å². The number of anilines is 1. The molecule has 176 valence electrons. The molecule has 1 atom stereocenters. The number of carbonyl (C=O) groups is 1. The smallest absolute Gasteiger partial charge is 0.256 e. The van der Waals surface area contributed by atoms with Gasteiger partial charge in [-0.2, -0.15) is 0 Å². The van der Waals surface area contributed by atoms with E-state index < -0.39 is 5.82 Å². The molecule has 1 aromatic heterocycles. The van der Waals surface area contributed by atoms with Gasteiger partial charge in [0.1, 0.15) is 5.82 Å². The van der Waals surface area contributed by atoms with Crippen molar-refractivity contribution in [3.63, 3.8) is 0 Å². The number of rotatable bonds is 7. The molecular weight excluding hydrogens is 433 g/mol. The summed E-state index contributed by atoms with van der Waals surface area (Å²) in [7, 11) is 4.03. The van der Waals surface area contributed by atoms with Crippen molar-refractivity contribution < 1.29 is 9.18 Å². The zero-order valence-electron chi connectivity index (χ0n) is 19.3. The molecular formula is C26H28FN5O2. The van der Waals surface area contributed by atoms with E-state index in [9.17, 15) is 14.0 Å². The van der Waals surface area contributed by atoms with Crippen LogP contribution >= 0.6 is 0 Å². The van der Waals surface area contributed by atoms with E-state index >= 15 is 0 Å². The molecule has 3 aromatic rings. The number of benzene rings is 2. The van der Waals surface area contributed by atoms with Crippen molar-refractivity contribution >= 4 is 34.3 Å². The predicted molar refractivity (Wildman–Crippen MR) is 134 cm³/mol. The molecule has 0 unspecified atom stereocenters. The maximum absolute atomic E-state index is 13.6. The standard InChI is InChI=1S/C26H28FN5O2/c1-31(2)16-22-4-3-11-32(22)26(34)17-5-8-21(9-6-17)29-15-19(14-28)23-13-18-12-20(27)7-10-24(18)30-25(23)33/h5-10,12-15,22,28-29H,3-4,11,16H2,1-2H3,(H,30,33)/b19-15+,28-14?/t22-/m1/s1. The van der Waals surface area contributed by atoms with E-state index in [1.165, 1.54) is 18.2 Å². The molecule has 2 aromatic carbocycles. The van der Waals surface area contributed by atoms with E-state index in [1.54, 1.807) is 36.5 Å². The number of hydrogen-bond donors (Lipinski definition) is 3. The molecule has 34 heavy (non-hydrogen) atoms. The highest BCUT2D eigenvalue weighted by molar-refractivity contribution is 6.09. The third-order valence-corrected chi connectivity index (χ3v) is 6.01. The second-order valence-corrected chi connectivity index (χ2v) is 8.77. The van der Waals surface area contributed by atoms with Crippen molar-refractivity contribution in [1.29, 1.82) is 5.41 Å². The Morgan fingerprint density at radius 2 is 2.00 bits per heavy atom. The lowest BCUT2D eigenvalue weighted by Gasteiger charge is -2.27. The molecule has 0 spiro atoms. The number of aromatic nitrogens is 1. The van der Waals surface area contributed by atoms with Crippen LogP contribution in [-0.4, -0.2) is 60.1 Å². The summed E-state index contributed by atoms with van der Waals surface area (Å²) in [6.45, 7) is 1.62. The molecule has 7 nitrogen and oxygen atoms in total. The number of amides is 1. The number of nitrogens with one attached hydrogen (secondary N) is 3. The topological polar surface area (TPSA) is 92.3 Å². The fraction of sp³-hybridized carbons (Fsp3) is 0.269. The molecule has 8 heteroatoms. The maximum atomic E-state index is 13.6. The molecule has 2 heterocycles. The van der Waals surface area contributed by atoms with Gasteiger partial charge >= 0.3 is 0 Å². The third-order valence-electron chi connectivity index (χ3n) is 6.01. The van der Waals surface area contributed by atoms with Crippen molar-refractivity contribution in [3.8, 4) is 0 Å². The monoisotopic (exact) mass is 461 g/mol. The zero-order chi connectivity index (χ0) is 24.2. The Morgan fingerprint density at radius 3 is 2.71 bits per heavy atom. The highest BCUT2D eigenvalue weighted by Gasteiger charge is 2.29. The minimum atomic E-state index is -0.402. The Bertz CT molecular complexity index is 1300. The Balaban J connectivity index is 1.51. The Kier molecular flexibility index (Phi) is 6.88. The van der Waals surface area contributed by atoms with Crippen LogP contribution in [0.2, 0.25) is 0 Å². The van der Waals surface area contributed by atoms with Gasteiger partial charge in [-0.05, 0) is 75.5 Å². The fourth-order valence-corrected chi connectivity index (χ4v) is 4.34. The van der Waals surface area contributed by atoms with Crippen molar-refractivity contribution in [2.45, 2.75) is 18.9 Å². The van der Waals surface area contributed by atoms with Crippen LogP contribution in [0, 0.1) is 11.2 Å². The number of nitrogens with zero attached hydrogens (tertiary/aromatic N) is 2. The lowest BCUT2D eigenvalue weighted by molar-refractivity contribution is 0.0716. The normalized spacial score (nSPS) is 16.3. The number of carbonyl (C=O) groups excluding carboxylic acids is 1. The van der Waals surface area contributed by atoms with Gasteiger partial charge in [-0.3, -0.25) is 9.59 Å². The van der Waals surface area contributed by atoms with Crippen molar-refractivity contribution in [3.05, 3.63) is 82.0 Å². The number of pyridine rings is 1. The lowest BCUT2D eigenvalue weighted by Crippen LogP contribution is -2.41. The first kappa shape index (κ1) is 23.4. The Labute approximate surface area is 197 Å². The van der Waals surface area contributed by atoms with Crippen molar-refractivity contribution in [2.24, 2.45) is 0 Å². The summed E-state index contributed by atoms with van der Waals surface area (Å²) in [5.74, 6) is -0.373. The number of fused-ring (bicyclic) bond motifs is 1. The van der Waals surface area contributed by atoms with Crippen LogP contribution in [0.25, 0.3) is 16.5 Å². The second-order valence-electron chi connectivity index (χ2n) is 8.77. The van der Waals surface area contributed by atoms with E-state index in [2.05, 4.69) is 15.2 Å². The van der Waals surface area contributed by atoms with Gasteiger partial charge in [-0.1, -0.05) is 0 Å². The van der Waals surface area contributed by atoms with Crippen LogP contribution in [0.3, 0.4) is 0 Å². The summed E-state index contributed by atoms with van der Waals surface area (Å²) in [4.78, 5) is 32.3. The maximum Gasteiger partial charge on any atom is 0.256 e. The number of aromatic amines is 1. The largest absolute Gasteiger partial charge is 0.361 e. The summed E-state index contributed by atoms with van der Waals surface area (Å²) < 4.78 is 13.6. The first-order chi connectivity index (χ1) is 16.4. The Morgan fingerprint density at radius 1 is 1.24 bits per heavy atom. The molecule has 4 rings (SSSR count). The molecule has 0 aliphatic carbocycles. The Hall–Kier alpha value is -3.78. The SMILES string of the molecule is CN(C)C[C@H]1CCCN1C(=O)c1ccc(N/C=C(\C=N)c2cc3cc(F)ccc3[nH]c2=O)cc1. The molecule has 0 radical (unpaired) electrons. The lowest BCUT2D eigenvalue weighted by atomic mass is 10.1. The minimum absolute atomic E-state index is 0.0292. The molecule has 1 aliphatic rings. The van der Waals surface area contributed by atoms with Gasteiger partial charge in [0.2, 0.25) is 0 Å². The quantitative estimate of drug-likeness (QED) is 0.465.